The Bertz CT molecular complexity index is 453. The van der Waals surface area contributed by atoms with Crippen molar-refractivity contribution in [1.82, 2.24) is 4.90 Å². The van der Waals surface area contributed by atoms with Crippen LogP contribution in [0.3, 0.4) is 0 Å². The van der Waals surface area contributed by atoms with Crippen molar-refractivity contribution in [1.29, 1.82) is 0 Å². The largest absolute Gasteiger partial charge is 0.392 e. The van der Waals surface area contributed by atoms with E-state index >= 15 is 0 Å². The molecule has 0 aromatic heterocycles. The van der Waals surface area contributed by atoms with Crippen molar-refractivity contribution in [3.05, 3.63) is 0 Å². The molecule has 0 aromatic rings. The van der Waals surface area contributed by atoms with E-state index in [1.165, 1.54) is 96.3 Å². The molecule has 1 N–H and O–H groups in total. The second-order valence-electron chi connectivity index (χ2n) is 11.8. The van der Waals surface area contributed by atoms with Crippen molar-refractivity contribution >= 4 is 0 Å². The topological polar surface area (TPSA) is 23.5 Å². The van der Waals surface area contributed by atoms with Gasteiger partial charge in [-0.05, 0) is 31.2 Å². The lowest BCUT2D eigenvalue weighted by molar-refractivity contribution is 0.0999. The van der Waals surface area contributed by atoms with Crippen LogP contribution in [0.2, 0.25) is 0 Å². The highest BCUT2D eigenvalue weighted by Crippen LogP contribution is 2.17. The summed E-state index contributed by atoms with van der Waals surface area (Å²) in [5, 5.41) is 10.5. The summed E-state index contributed by atoms with van der Waals surface area (Å²) in [5.41, 5.74) is 0. The zero-order valence-corrected chi connectivity index (χ0v) is 26.1. The third kappa shape index (κ3) is 28.1. The second-order valence-corrected chi connectivity index (χ2v) is 11.8. The van der Waals surface area contributed by atoms with Crippen LogP contribution >= 0.6 is 0 Å². The molecule has 0 aromatic carbocycles. The van der Waals surface area contributed by atoms with E-state index in [1.807, 2.05) is 13.8 Å². The van der Waals surface area contributed by atoms with Crippen LogP contribution in [-0.2, 0) is 0 Å². The number of aliphatic hydroxyl groups excluding tert-OH is 1. The first-order valence-corrected chi connectivity index (χ1v) is 16.3. The van der Waals surface area contributed by atoms with Crippen LogP contribution in [0, 0.1) is 30.1 Å². The van der Waals surface area contributed by atoms with E-state index < -0.39 is 0 Å². The van der Waals surface area contributed by atoms with Gasteiger partial charge in [0.2, 0.25) is 0 Å². The Morgan fingerprint density at radius 3 is 1.31 bits per heavy atom. The maximum atomic E-state index is 10.5. The van der Waals surface area contributed by atoms with Crippen LogP contribution in [0.15, 0.2) is 0 Å². The van der Waals surface area contributed by atoms with Gasteiger partial charge in [0.1, 0.15) is 0 Å². The third-order valence-electron chi connectivity index (χ3n) is 7.28. The van der Waals surface area contributed by atoms with Crippen LogP contribution in [0.25, 0.3) is 0 Å². The van der Waals surface area contributed by atoms with Gasteiger partial charge in [0.25, 0.3) is 0 Å². The van der Waals surface area contributed by atoms with Gasteiger partial charge in [-0.1, -0.05) is 151 Å². The Labute approximate surface area is 229 Å². The van der Waals surface area contributed by atoms with E-state index in [9.17, 15) is 5.11 Å². The summed E-state index contributed by atoms with van der Waals surface area (Å²) in [6.07, 6.45) is 29.2. The first kappa shape index (κ1) is 37.6. The summed E-state index contributed by atoms with van der Waals surface area (Å²) < 4.78 is 0. The summed E-state index contributed by atoms with van der Waals surface area (Å²) >= 11 is 0. The minimum Gasteiger partial charge on any atom is -0.392 e. The van der Waals surface area contributed by atoms with Crippen LogP contribution in [0.4, 0.5) is 0 Å². The smallest absolute Gasteiger partial charge is 0.0667 e. The molecule has 0 aliphatic carbocycles. The van der Waals surface area contributed by atoms with Crippen LogP contribution in [0.5, 0.6) is 0 Å². The summed E-state index contributed by atoms with van der Waals surface area (Å²) in [5.74, 6) is 5.06. The molecule has 0 rings (SSSR count). The predicted molar refractivity (Wildman–Crippen MR) is 165 cm³/mol. The third-order valence-corrected chi connectivity index (χ3v) is 7.28. The fraction of sp³-hybridized carbons (Fsp3) is 0.941. The minimum absolute atomic E-state index is 0.208. The van der Waals surface area contributed by atoms with Gasteiger partial charge in [0.05, 0.1) is 6.10 Å². The van der Waals surface area contributed by atoms with E-state index in [2.05, 4.69) is 45.4 Å². The van der Waals surface area contributed by atoms with Gasteiger partial charge < -0.3 is 5.11 Å². The Morgan fingerprint density at radius 1 is 0.583 bits per heavy atom. The first-order chi connectivity index (χ1) is 17.4. The van der Waals surface area contributed by atoms with Gasteiger partial charge in [-0.25, -0.2) is 0 Å². The fourth-order valence-corrected chi connectivity index (χ4v) is 4.90. The second kappa shape index (κ2) is 29.0. The Morgan fingerprint density at radius 2 is 0.944 bits per heavy atom. The number of hydrogen-bond donors (Lipinski definition) is 1. The minimum atomic E-state index is -0.208. The van der Waals surface area contributed by atoms with Crippen molar-refractivity contribution < 1.29 is 5.11 Å². The monoisotopic (exact) mass is 508 g/mol. The highest BCUT2D eigenvalue weighted by atomic mass is 16.3. The van der Waals surface area contributed by atoms with E-state index in [1.54, 1.807) is 0 Å². The molecule has 2 atom stereocenters. The Balaban J connectivity index is 0. The molecule has 36 heavy (non-hydrogen) atoms. The van der Waals surface area contributed by atoms with Gasteiger partial charge in [-0.15, -0.1) is 12.3 Å². The van der Waals surface area contributed by atoms with Gasteiger partial charge >= 0.3 is 0 Å². The van der Waals surface area contributed by atoms with Gasteiger partial charge in [-0.3, -0.25) is 4.90 Å². The zero-order valence-electron chi connectivity index (χ0n) is 26.1. The normalized spacial score (nSPS) is 13.1. The quantitative estimate of drug-likeness (QED) is 0.0981. The summed E-state index contributed by atoms with van der Waals surface area (Å²) in [7, 11) is 0. The molecule has 0 bridgehead atoms. The number of aliphatic hydroxyl groups is 1. The first-order valence-electron chi connectivity index (χ1n) is 16.3. The summed E-state index contributed by atoms with van der Waals surface area (Å²) in [6, 6.07) is 0. The maximum Gasteiger partial charge on any atom is 0.0667 e. The number of likely N-dealkylation sites (N-methyl/N-ethyl adjacent to an activating group) is 1. The Hall–Kier alpha value is -0.520. The molecule has 0 aliphatic heterocycles. The summed E-state index contributed by atoms with van der Waals surface area (Å²) in [4.78, 5) is 2.37. The predicted octanol–water partition coefficient (Wildman–Crippen LogP) is 10.3. The lowest BCUT2D eigenvalue weighted by Gasteiger charge is -2.26. The molecular formula is C34H69NO. The van der Waals surface area contributed by atoms with Crippen LogP contribution in [0.1, 0.15) is 164 Å². The number of hydrogen-bond acceptors (Lipinski definition) is 2. The molecule has 2 heteroatoms. The number of unbranched alkanes of at least 4 members (excludes halogenated alkanes) is 12. The number of rotatable bonds is 25. The van der Waals surface area contributed by atoms with Crippen molar-refractivity contribution in [2.45, 2.75) is 170 Å². The van der Waals surface area contributed by atoms with Crippen LogP contribution in [-0.4, -0.2) is 35.7 Å². The zero-order chi connectivity index (χ0) is 27.4. The van der Waals surface area contributed by atoms with Crippen molar-refractivity contribution in [2.75, 3.05) is 19.6 Å². The molecule has 0 fully saturated rings. The van der Waals surface area contributed by atoms with Gasteiger partial charge in [-0.2, -0.15) is 0 Å². The Kier molecular flexibility index (Phi) is 30.4. The molecule has 0 heterocycles. The molecule has 0 saturated carbocycles. The van der Waals surface area contributed by atoms with Gasteiger partial charge in [0, 0.05) is 19.0 Å². The van der Waals surface area contributed by atoms with E-state index in [0.717, 1.165) is 50.7 Å². The maximum absolute atomic E-state index is 10.5. The van der Waals surface area contributed by atoms with E-state index in [0.29, 0.717) is 5.92 Å². The van der Waals surface area contributed by atoms with E-state index in [-0.39, 0.29) is 6.10 Å². The summed E-state index contributed by atoms with van der Waals surface area (Å²) in [6.45, 7) is 18.2. The number of terminal acetylenes is 1. The molecule has 0 spiro atoms. The molecule has 216 valence electrons. The highest BCUT2D eigenvalue weighted by molar-refractivity contribution is 4.94. The lowest BCUT2D eigenvalue weighted by Crippen LogP contribution is -2.35. The standard InChI is InChI=1S/C32H63NO.C2H6/c1-7-31(25-21-17-13-9-11-15-19-23-29(3)4)27-33(8-2)28-32(34)26-22-18-14-10-12-16-20-24-30(5)6;1-2/h1,29-32,34H,8-28H2,2-6H3;1-2H3. The molecule has 2 nitrogen and oxygen atoms in total. The lowest BCUT2D eigenvalue weighted by atomic mass is 9.99. The molecule has 0 amide bonds. The highest BCUT2D eigenvalue weighted by Gasteiger charge is 2.14. The van der Waals surface area contributed by atoms with Gasteiger partial charge in [0.15, 0.2) is 0 Å². The SMILES string of the molecule is C#CC(CCCCCCCCCC(C)C)CN(CC)CC(O)CCCCCCCCCC(C)C.CC. The fourth-order valence-electron chi connectivity index (χ4n) is 4.90. The van der Waals surface area contributed by atoms with E-state index in [4.69, 9.17) is 6.42 Å². The van der Waals surface area contributed by atoms with Crippen LogP contribution < -0.4 is 0 Å². The molecule has 0 radical (unpaired) electrons. The average Bonchev–Trinajstić information content (AvgIpc) is 2.86. The average molecular weight is 508 g/mol. The van der Waals surface area contributed by atoms with Crippen molar-refractivity contribution in [3.63, 3.8) is 0 Å². The molecule has 2 unspecified atom stereocenters. The van der Waals surface area contributed by atoms with Crippen molar-refractivity contribution in [2.24, 2.45) is 17.8 Å². The number of nitrogens with zero attached hydrogens (tertiary/aromatic N) is 1. The van der Waals surface area contributed by atoms with Crippen molar-refractivity contribution in [3.8, 4) is 12.3 Å². The molecule has 0 aliphatic rings. The molecular weight excluding hydrogens is 438 g/mol. The molecule has 0 saturated heterocycles.